The van der Waals surface area contributed by atoms with E-state index < -0.39 is 0 Å². The number of aromatic nitrogens is 2. The molecule has 0 fully saturated rings. The number of carbonyl (C=O) groups is 1. The molecule has 0 aliphatic rings. The van der Waals surface area contributed by atoms with Crippen LogP contribution < -0.4 is 9.47 Å². The summed E-state index contributed by atoms with van der Waals surface area (Å²) in [5.74, 6) is 1.37. The molecular formula is C23H23ClN2O3. The van der Waals surface area contributed by atoms with Gasteiger partial charge in [0, 0.05) is 22.8 Å². The van der Waals surface area contributed by atoms with E-state index >= 15 is 0 Å². The van der Waals surface area contributed by atoms with E-state index in [1.165, 1.54) is 0 Å². The Morgan fingerprint density at radius 2 is 1.97 bits per heavy atom. The van der Waals surface area contributed by atoms with Crippen LogP contribution in [0, 0.1) is 6.92 Å². The number of benzene rings is 2. The number of rotatable bonds is 8. The van der Waals surface area contributed by atoms with Gasteiger partial charge < -0.3 is 9.47 Å². The van der Waals surface area contributed by atoms with Crippen molar-refractivity contribution in [2.75, 3.05) is 7.11 Å². The minimum atomic E-state index is -0.0722. The van der Waals surface area contributed by atoms with Gasteiger partial charge in [0.25, 0.3) is 0 Å². The van der Waals surface area contributed by atoms with Crippen LogP contribution in [-0.4, -0.2) is 22.7 Å². The molecule has 3 rings (SSSR count). The molecule has 0 N–H and O–H groups in total. The molecule has 0 spiro atoms. The van der Waals surface area contributed by atoms with Crippen molar-refractivity contribution in [3.05, 3.63) is 82.1 Å². The summed E-state index contributed by atoms with van der Waals surface area (Å²) in [7, 11) is 1.62. The van der Waals surface area contributed by atoms with E-state index in [9.17, 15) is 4.79 Å². The predicted octanol–water partition coefficient (Wildman–Crippen LogP) is 5.35. The maximum Gasteiger partial charge on any atom is 0.189 e. The van der Waals surface area contributed by atoms with Crippen LogP contribution in [0.1, 0.15) is 34.1 Å². The molecule has 150 valence electrons. The van der Waals surface area contributed by atoms with E-state index in [2.05, 4.69) is 5.10 Å². The number of hydrogen-bond acceptors (Lipinski definition) is 4. The molecule has 0 atom stereocenters. The first-order valence-electron chi connectivity index (χ1n) is 9.32. The third kappa shape index (κ3) is 5.06. The summed E-state index contributed by atoms with van der Waals surface area (Å²) in [5, 5.41) is 4.88. The number of halogens is 1. The maximum absolute atomic E-state index is 12.5. The fourth-order valence-electron chi connectivity index (χ4n) is 2.98. The molecule has 2 aromatic carbocycles. The zero-order chi connectivity index (χ0) is 20.8. The van der Waals surface area contributed by atoms with Crippen molar-refractivity contribution in [3.8, 4) is 11.5 Å². The van der Waals surface area contributed by atoms with Crippen molar-refractivity contribution >= 4 is 23.5 Å². The summed E-state index contributed by atoms with van der Waals surface area (Å²) in [5.41, 5.74) is 3.25. The Kier molecular flexibility index (Phi) is 6.73. The highest BCUT2D eigenvalue weighted by atomic mass is 35.5. The molecule has 29 heavy (non-hydrogen) atoms. The van der Waals surface area contributed by atoms with Gasteiger partial charge in [0.05, 0.1) is 18.9 Å². The van der Waals surface area contributed by atoms with Crippen LogP contribution in [0.15, 0.2) is 54.7 Å². The van der Waals surface area contributed by atoms with Crippen LogP contribution >= 0.6 is 11.6 Å². The lowest BCUT2D eigenvalue weighted by molar-refractivity contribution is 0.104. The number of methoxy groups -OCH3 is 1. The Bertz CT molecular complexity index is 1020. The van der Waals surface area contributed by atoms with Crippen LogP contribution in [0.2, 0.25) is 5.02 Å². The Hall–Kier alpha value is -3.05. The van der Waals surface area contributed by atoms with Gasteiger partial charge in [0.15, 0.2) is 5.78 Å². The van der Waals surface area contributed by atoms with Crippen LogP contribution in [0.5, 0.6) is 11.5 Å². The molecule has 0 unspecified atom stereocenters. The number of hydrogen-bond donors (Lipinski definition) is 0. The molecular weight excluding hydrogens is 388 g/mol. The molecule has 0 saturated carbocycles. The molecule has 5 nitrogen and oxygen atoms in total. The van der Waals surface area contributed by atoms with Gasteiger partial charge in [-0.3, -0.25) is 9.48 Å². The van der Waals surface area contributed by atoms with E-state index in [0.29, 0.717) is 17.2 Å². The van der Waals surface area contributed by atoms with E-state index in [1.807, 2.05) is 44.2 Å². The smallest absolute Gasteiger partial charge is 0.189 e. The van der Waals surface area contributed by atoms with Crippen molar-refractivity contribution < 1.29 is 14.3 Å². The summed E-state index contributed by atoms with van der Waals surface area (Å²) in [6.45, 7) is 4.97. The van der Waals surface area contributed by atoms with Gasteiger partial charge in [-0.1, -0.05) is 23.7 Å². The van der Waals surface area contributed by atoms with E-state index in [-0.39, 0.29) is 5.78 Å². The first-order valence-corrected chi connectivity index (χ1v) is 9.69. The van der Waals surface area contributed by atoms with Gasteiger partial charge in [-0.2, -0.15) is 5.10 Å². The predicted molar refractivity (Wildman–Crippen MR) is 115 cm³/mol. The highest BCUT2D eigenvalue weighted by molar-refractivity contribution is 6.30. The number of aryl methyl sites for hydroxylation is 1. The zero-order valence-electron chi connectivity index (χ0n) is 16.7. The quantitative estimate of drug-likeness (QED) is 0.371. The first kappa shape index (κ1) is 20.7. The molecule has 6 heteroatoms. The van der Waals surface area contributed by atoms with E-state index in [1.54, 1.807) is 42.3 Å². The van der Waals surface area contributed by atoms with Gasteiger partial charge >= 0.3 is 0 Å². The minimum Gasteiger partial charge on any atom is -0.496 e. The second kappa shape index (κ2) is 9.43. The lowest BCUT2D eigenvalue weighted by Crippen LogP contribution is -2.02. The number of allylic oxidation sites excluding steroid dienone is 1. The summed E-state index contributed by atoms with van der Waals surface area (Å²) in [6, 6.07) is 12.9. The maximum atomic E-state index is 12.5. The van der Waals surface area contributed by atoms with Crippen LogP contribution in [0.4, 0.5) is 0 Å². The van der Waals surface area contributed by atoms with E-state index in [4.69, 9.17) is 21.1 Å². The lowest BCUT2D eigenvalue weighted by Gasteiger charge is -2.11. The molecule has 0 saturated heterocycles. The van der Waals surface area contributed by atoms with Gasteiger partial charge in [0.1, 0.15) is 18.1 Å². The molecule has 1 heterocycles. The minimum absolute atomic E-state index is 0.0722. The van der Waals surface area contributed by atoms with Gasteiger partial charge in [-0.15, -0.1) is 0 Å². The fraction of sp³-hybridized carbons (Fsp3) is 0.217. The average molecular weight is 411 g/mol. The highest BCUT2D eigenvalue weighted by Gasteiger charge is 2.11. The summed E-state index contributed by atoms with van der Waals surface area (Å²) >= 11 is 5.91. The number of ketones is 1. The molecule has 1 aromatic heterocycles. The molecule has 0 bridgehead atoms. The summed E-state index contributed by atoms with van der Waals surface area (Å²) in [6.07, 6.45) is 4.97. The second-order valence-corrected chi connectivity index (χ2v) is 6.91. The van der Waals surface area contributed by atoms with E-state index in [0.717, 1.165) is 34.9 Å². The Morgan fingerprint density at radius 3 is 2.62 bits per heavy atom. The lowest BCUT2D eigenvalue weighted by atomic mass is 10.1. The fourth-order valence-corrected chi connectivity index (χ4v) is 3.10. The van der Waals surface area contributed by atoms with Crippen LogP contribution in [0.25, 0.3) is 6.08 Å². The molecule has 3 aromatic rings. The van der Waals surface area contributed by atoms with Crippen molar-refractivity contribution in [1.82, 2.24) is 9.78 Å². The SMILES string of the molecule is CCn1ncc(C(=O)/C=C/c2ccc(OC)c(COc3ccc(Cl)cc3)c2)c1C. The normalized spacial score (nSPS) is 11.0. The molecule has 0 radical (unpaired) electrons. The molecule has 0 amide bonds. The van der Waals surface area contributed by atoms with Crippen molar-refractivity contribution in [3.63, 3.8) is 0 Å². The average Bonchev–Trinajstić information content (AvgIpc) is 3.12. The van der Waals surface area contributed by atoms with Crippen molar-refractivity contribution in [2.45, 2.75) is 27.0 Å². The molecule has 0 aliphatic carbocycles. The third-order valence-electron chi connectivity index (χ3n) is 4.61. The van der Waals surface area contributed by atoms with Gasteiger partial charge in [-0.25, -0.2) is 0 Å². The van der Waals surface area contributed by atoms with Crippen molar-refractivity contribution in [2.24, 2.45) is 0 Å². The first-order chi connectivity index (χ1) is 14.0. The topological polar surface area (TPSA) is 53.4 Å². The largest absolute Gasteiger partial charge is 0.496 e. The Balaban J connectivity index is 1.75. The summed E-state index contributed by atoms with van der Waals surface area (Å²) in [4.78, 5) is 12.5. The second-order valence-electron chi connectivity index (χ2n) is 6.47. The number of carbonyl (C=O) groups excluding carboxylic acids is 1. The van der Waals surface area contributed by atoms with Crippen LogP contribution in [0.3, 0.4) is 0 Å². The number of nitrogens with zero attached hydrogens (tertiary/aromatic N) is 2. The standard InChI is InChI=1S/C23H23ClN2O3/c1-4-26-16(2)21(14-25-26)22(27)11-5-17-6-12-23(28-3)18(13-17)15-29-20-9-7-19(24)8-10-20/h5-14H,4,15H2,1-3H3/b11-5+. The molecule has 0 aliphatic heterocycles. The zero-order valence-corrected chi connectivity index (χ0v) is 17.4. The Labute approximate surface area is 175 Å². The van der Waals surface area contributed by atoms with Gasteiger partial charge in [0.2, 0.25) is 0 Å². The number of ether oxygens (including phenoxy) is 2. The van der Waals surface area contributed by atoms with Crippen molar-refractivity contribution in [1.29, 1.82) is 0 Å². The highest BCUT2D eigenvalue weighted by Crippen LogP contribution is 2.24. The van der Waals surface area contributed by atoms with Crippen LogP contribution in [-0.2, 0) is 13.2 Å². The third-order valence-corrected chi connectivity index (χ3v) is 4.86. The Morgan fingerprint density at radius 1 is 1.21 bits per heavy atom. The monoisotopic (exact) mass is 410 g/mol. The van der Waals surface area contributed by atoms with Gasteiger partial charge in [-0.05, 0) is 61.9 Å². The summed E-state index contributed by atoms with van der Waals surface area (Å²) < 4.78 is 13.1.